The van der Waals surface area contributed by atoms with E-state index in [1.54, 1.807) is 0 Å². The molecule has 8 aromatic carbocycles. The van der Waals surface area contributed by atoms with Crippen molar-refractivity contribution < 1.29 is 0 Å². The number of H-pyrrole nitrogens is 2. The summed E-state index contributed by atoms with van der Waals surface area (Å²) in [7, 11) is 0. The molecule has 0 saturated carbocycles. The Morgan fingerprint density at radius 1 is 0.250 bits per heavy atom. The fourth-order valence-corrected chi connectivity index (χ4v) is 10.6. The summed E-state index contributed by atoms with van der Waals surface area (Å²) in [5, 5.41) is 12.8. The molecule has 2 N–H and O–H groups in total. The van der Waals surface area contributed by atoms with Crippen molar-refractivity contribution in [2.24, 2.45) is 0 Å². The molecule has 354 valence electrons. The minimum absolute atomic E-state index is 0.0214. The summed E-state index contributed by atoms with van der Waals surface area (Å²) >= 11 is 0. The zero-order valence-corrected chi connectivity index (χ0v) is 43.2. The molecule has 3 aromatic heterocycles. The van der Waals surface area contributed by atoms with Crippen molar-refractivity contribution >= 4 is 87.2 Å². The van der Waals surface area contributed by atoms with Crippen LogP contribution in [0.1, 0.15) is 105 Å². The number of nitrogens with one attached hydrogen (secondary N) is 2. The van der Waals surface area contributed by atoms with Crippen LogP contribution in [0.25, 0.3) is 133 Å². The highest BCUT2D eigenvalue weighted by molar-refractivity contribution is 6.13. The number of hydrogen-bond acceptors (Lipinski definition) is 6. The second-order valence-electron chi connectivity index (χ2n) is 24.4. The summed E-state index contributed by atoms with van der Waals surface area (Å²) in [5.74, 6) is 2.32. The van der Waals surface area contributed by atoms with Gasteiger partial charge in [-0.3, -0.25) is 0 Å². The first-order valence-electron chi connectivity index (χ1n) is 25.3. The van der Waals surface area contributed by atoms with Crippen molar-refractivity contribution in [1.29, 1.82) is 0 Å². The highest BCUT2D eigenvalue weighted by Crippen LogP contribution is 2.43. The van der Waals surface area contributed by atoms with E-state index in [1.165, 1.54) is 22.3 Å². The van der Waals surface area contributed by atoms with Crippen LogP contribution in [0.5, 0.6) is 0 Å². The molecule has 0 amide bonds. The van der Waals surface area contributed by atoms with Gasteiger partial charge in [0, 0.05) is 43.8 Å². The standard InChI is InChI=1S/C64H58N8/c1-61(2,3)41-17-13-33-25-45-49(29-37(33)21-41)57-66-53(45)65-54-46-26-34-14-18-42(62(4,5)6)22-38(34)30-50(46)58(67-54)69-56-48-28-36-16-20-44(64(10,11)12)24-40(36)32-52(48)60(71-56)72-59-51-31-39-23-43(63(7,8)9)19-15-35(39)27-47(51)55(68-57)70-59/h13-32H,1-12H3,(H2,65,66,67,68,69,70,71,72). The van der Waals surface area contributed by atoms with Gasteiger partial charge in [-0.05, 0) is 136 Å². The highest BCUT2D eigenvalue weighted by Gasteiger charge is 2.26. The van der Waals surface area contributed by atoms with Gasteiger partial charge in [-0.2, -0.15) is 0 Å². The van der Waals surface area contributed by atoms with Crippen LogP contribution in [0.3, 0.4) is 0 Å². The molecular weight excluding hydrogens is 881 g/mol. The Morgan fingerprint density at radius 3 is 0.736 bits per heavy atom. The lowest BCUT2D eigenvalue weighted by Crippen LogP contribution is -2.10. The maximum atomic E-state index is 5.52. The molecule has 8 nitrogen and oxygen atoms in total. The first-order chi connectivity index (χ1) is 34.1. The minimum atomic E-state index is -0.0240. The maximum absolute atomic E-state index is 5.52. The molecule has 0 unspecified atom stereocenters. The quantitative estimate of drug-likeness (QED) is 0.157. The van der Waals surface area contributed by atoms with Crippen LogP contribution < -0.4 is 0 Å². The van der Waals surface area contributed by atoms with Crippen molar-refractivity contribution in [3.05, 3.63) is 144 Å². The van der Waals surface area contributed by atoms with Gasteiger partial charge < -0.3 is 9.97 Å². The van der Waals surface area contributed by atoms with Gasteiger partial charge in [0.1, 0.15) is 22.6 Å². The van der Waals surface area contributed by atoms with Crippen molar-refractivity contribution in [3.63, 3.8) is 0 Å². The molecule has 11 aromatic rings. The van der Waals surface area contributed by atoms with Crippen LogP contribution in [-0.2, 0) is 21.7 Å². The molecule has 8 heteroatoms. The molecule has 13 rings (SSSR count). The number of fused-ring (bicyclic) bond motifs is 24. The van der Waals surface area contributed by atoms with Crippen LogP contribution in [0, 0.1) is 0 Å². The van der Waals surface area contributed by atoms with Gasteiger partial charge in [0.05, 0.1) is 0 Å². The summed E-state index contributed by atoms with van der Waals surface area (Å²) in [4.78, 5) is 40.2. The van der Waals surface area contributed by atoms with E-state index in [-0.39, 0.29) is 21.7 Å². The lowest BCUT2D eigenvalue weighted by atomic mass is 9.85. The van der Waals surface area contributed by atoms with Crippen molar-refractivity contribution in [1.82, 2.24) is 39.9 Å². The molecule has 0 radical (unpaired) electrons. The van der Waals surface area contributed by atoms with Crippen LogP contribution in [0.4, 0.5) is 0 Å². The maximum Gasteiger partial charge on any atom is 0.164 e. The smallest absolute Gasteiger partial charge is 0.164 e. The monoisotopic (exact) mass is 938 g/mol. The number of nitrogens with zero attached hydrogens (tertiary/aromatic N) is 6. The molecule has 5 heterocycles. The van der Waals surface area contributed by atoms with Gasteiger partial charge in [-0.25, -0.2) is 29.9 Å². The summed E-state index contributed by atoms with van der Waals surface area (Å²) in [6, 6.07) is 45.0. The molecule has 2 aliphatic heterocycles. The zero-order chi connectivity index (χ0) is 50.0. The molecule has 0 aliphatic carbocycles. The Kier molecular flexibility index (Phi) is 9.11. The molecule has 0 spiro atoms. The van der Waals surface area contributed by atoms with Gasteiger partial charge in [0.15, 0.2) is 23.3 Å². The van der Waals surface area contributed by atoms with Gasteiger partial charge >= 0.3 is 0 Å². The molecule has 0 atom stereocenters. The number of aromatic nitrogens is 8. The van der Waals surface area contributed by atoms with Crippen molar-refractivity contribution in [2.45, 2.75) is 105 Å². The van der Waals surface area contributed by atoms with E-state index in [0.717, 1.165) is 86.9 Å². The van der Waals surface area contributed by atoms with Crippen molar-refractivity contribution in [2.75, 3.05) is 0 Å². The molecular formula is C64H58N8. The average molecular weight is 939 g/mol. The Hall–Kier alpha value is -7.84. The van der Waals surface area contributed by atoms with Crippen molar-refractivity contribution in [3.8, 4) is 45.6 Å². The van der Waals surface area contributed by atoms with E-state index >= 15 is 0 Å². The van der Waals surface area contributed by atoms with E-state index in [1.807, 2.05) is 0 Å². The summed E-state index contributed by atoms with van der Waals surface area (Å²) < 4.78 is 0. The number of rotatable bonds is 0. The number of hydrogen-bond donors (Lipinski definition) is 2. The van der Waals surface area contributed by atoms with Gasteiger partial charge in [0.25, 0.3) is 0 Å². The topological polar surface area (TPSA) is 109 Å². The SMILES string of the molecule is CC(C)(C)c1ccc2cc3c(cc2c1)-c1nc-3nc2[nH]c(nc3nc(nc4[nH]c(n1)c1cc5ccc(C(C)(C)C)cc5cc41)-c1cc4cc(C(C)(C)C)ccc4cc1-3)c1cc3cc(C(C)(C)C)ccc3cc21. The van der Waals surface area contributed by atoms with E-state index in [9.17, 15) is 0 Å². The fourth-order valence-electron chi connectivity index (χ4n) is 10.6. The molecule has 0 fully saturated rings. The predicted octanol–water partition coefficient (Wildman–Crippen LogP) is 16.7. The Morgan fingerprint density at radius 2 is 0.472 bits per heavy atom. The third kappa shape index (κ3) is 7.16. The summed E-state index contributed by atoms with van der Waals surface area (Å²) in [6.45, 7) is 27.1. The Bertz CT molecular complexity index is 4370. The van der Waals surface area contributed by atoms with Gasteiger partial charge in [-0.15, -0.1) is 0 Å². The second-order valence-corrected chi connectivity index (χ2v) is 24.4. The lowest BCUT2D eigenvalue weighted by molar-refractivity contribution is 0.591. The third-order valence-electron chi connectivity index (χ3n) is 15.1. The normalized spacial score (nSPS) is 13.3. The van der Waals surface area contributed by atoms with E-state index in [2.05, 4.69) is 214 Å². The van der Waals surface area contributed by atoms with Gasteiger partial charge in [-0.1, -0.05) is 156 Å². The number of benzene rings is 8. The summed E-state index contributed by atoms with van der Waals surface area (Å²) in [6.07, 6.45) is 0. The van der Waals surface area contributed by atoms with E-state index < -0.39 is 0 Å². The van der Waals surface area contributed by atoms with Crippen LogP contribution in [0.15, 0.2) is 121 Å². The van der Waals surface area contributed by atoms with Gasteiger partial charge in [0.2, 0.25) is 0 Å². The molecule has 72 heavy (non-hydrogen) atoms. The first-order valence-corrected chi connectivity index (χ1v) is 25.3. The van der Waals surface area contributed by atoms with Crippen LogP contribution in [-0.4, -0.2) is 39.9 Å². The Balaban J connectivity index is 1.19. The Labute approximate surface area is 419 Å². The predicted molar refractivity (Wildman–Crippen MR) is 301 cm³/mol. The fraction of sp³-hybridized carbons (Fsp3) is 0.250. The summed E-state index contributed by atoms with van der Waals surface area (Å²) in [5.41, 5.74) is 11.3. The third-order valence-corrected chi connectivity index (χ3v) is 15.1. The average Bonchev–Trinajstić information content (AvgIpc) is 4.04. The lowest BCUT2D eigenvalue weighted by Gasteiger charge is -2.19. The minimum Gasteiger partial charge on any atom is -0.324 e. The van der Waals surface area contributed by atoms with Crippen LogP contribution >= 0.6 is 0 Å². The van der Waals surface area contributed by atoms with Crippen LogP contribution in [0.2, 0.25) is 0 Å². The number of aromatic amines is 2. The largest absolute Gasteiger partial charge is 0.324 e. The van der Waals surface area contributed by atoms with E-state index in [0.29, 0.717) is 45.9 Å². The molecule has 2 aliphatic rings. The molecule has 8 bridgehead atoms. The molecule has 0 saturated heterocycles. The zero-order valence-electron chi connectivity index (χ0n) is 43.2. The highest BCUT2D eigenvalue weighted by atomic mass is 15.1. The second kappa shape index (κ2) is 14.9. The first kappa shape index (κ1) is 44.1. The van der Waals surface area contributed by atoms with E-state index in [4.69, 9.17) is 29.9 Å².